The quantitative estimate of drug-likeness (QED) is 0.608. The molecule has 2 aliphatic heterocycles. The van der Waals surface area contributed by atoms with Gasteiger partial charge in [-0.25, -0.2) is 0 Å². The van der Waals surface area contributed by atoms with E-state index < -0.39 is 0 Å². The van der Waals surface area contributed by atoms with Crippen LogP contribution in [0.2, 0.25) is 0 Å². The fourth-order valence-electron chi connectivity index (χ4n) is 4.54. The maximum atomic E-state index is 13.1. The molecule has 0 saturated carbocycles. The first-order valence-corrected chi connectivity index (χ1v) is 11.9. The summed E-state index contributed by atoms with van der Waals surface area (Å²) in [5.74, 6) is -0.0148. The molecular weight excluding hydrogens is 432 g/mol. The predicted molar refractivity (Wildman–Crippen MR) is 130 cm³/mol. The maximum absolute atomic E-state index is 13.1. The van der Waals surface area contributed by atoms with Crippen LogP contribution >= 0.6 is 0 Å². The third-order valence-corrected chi connectivity index (χ3v) is 6.38. The summed E-state index contributed by atoms with van der Waals surface area (Å²) in [6.07, 6.45) is 0.436. The van der Waals surface area contributed by atoms with E-state index in [1.807, 2.05) is 54.3 Å². The highest BCUT2D eigenvalue weighted by atomic mass is 16.5. The zero-order valence-electron chi connectivity index (χ0n) is 19.8. The fourth-order valence-corrected chi connectivity index (χ4v) is 4.54. The highest BCUT2D eigenvalue weighted by Gasteiger charge is 2.36. The summed E-state index contributed by atoms with van der Waals surface area (Å²) in [5, 5.41) is 3.48. The summed E-state index contributed by atoms with van der Waals surface area (Å²) >= 11 is 0. The Kier molecular flexibility index (Phi) is 7.47. The molecule has 1 fully saturated rings. The topological polar surface area (TPSA) is 82.2 Å². The third kappa shape index (κ3) is 5.07. The van der Waals surface area contributed by atoms with Gasteiger partial charge in [-0.1, -0.05) is 24.3 Å². The molecule has 4 rings (SSSR count). The fraction of sp³-hybridized carbons (Fsp3) is 0.423. The number of rotatable bonds is 8. The van der Waals surface area contributed by atoms with Gasteiger partial charge >= 0.3 is 0 Å². The number of hydrogen-bond donors (Lipinski definition) is 1. The number of carbonyl (C=O) groups is 3. The van der Waals surface area contributed by atoms with Gasteiger partial charge in [-0.3, -0.25) is 14.4 Å². The SMILES string of the molecule is CCOCCCN1C(=O)c2ccccc2C1Nc1cccc(C(=O)N2CCN(C(C)=O)CC2)c1. The van der Waals surface area contributed by atoms with Gasteiger partial charge in [0, 0.05) is 75.2 Å². The highest BCUT2D eigenvalue weighted by molar-refractivity contribution is 5.99. The average molecular weight is 465 g/mol. The van der Waals surface area contributed by atoms with Crippen LogP contribution < -0.4 is 5.32 Å². The van der Waals surface area contributed by atoms with Crippen LogP contribution in [0, 0.1) is 0 Å². The number of hydrogen-bond acceptors (Lipinski definition) is 5. The van der Waals surface area contributed by atoms with Crippen LogP contribution in [0.1, 0.15) is 52.7 Å². The van der Waals surface area contributed by atoms with Crippen molar-refractivity contribution >= 4 is 23.4 Å². The Bertz CT molecular complexity index is 1050. The molecule has 1 atom stereocenters. The van der Waals surface area contributed by atoms with Gasteiger partial charge in [0.15, 0.2) is 0 Å². The molecule has 2 aromatic carbocycles. The Morgan fingerprint density at radius 2 is 1.76 bits per heavy atom. The van der Waals surface area contributed by atoms with Crippen molar-refractivity contribution in [3.63, 3.8) is 0 Å². The van der Waals surface area contributed by atoms with Gasteiger partial charge in [-0.2, -0.15) is 0 Å². The summed E-state index contributed by atoms with van der Waals surface area (Å²) in [5.41, 5.74) is 2.99. The first-order valence-electron chi connectivity index (χ1n) is 11.9. The van der Waals surface area contributed by atoms with E-state index in [2.05, 4.69) is 5.32 Å². The van der Waals surface area contributed by atoms with Gasteiger partial charge in [0.2, 0.25) is 5.91 Å². The smallest absolute Gasteiger partial charge is 0.256 e. The van der Waals surface area contributed by atoms with Gasteiger partial charge in [0.1, 0.15) is 6.17 Å². The minimum absolute atomic E-state index is 0.000159. The van der Waals surface area contributed by atoms with Crippen LogP contribution in [-0.2, 0) is 9.53 Å². The Hall–Kier alpha value is -3.39. The zero-order valence-corrected chi connectivity index (χ0v) is 19.8. The van der Waals surface area contributed by atoms with E-state index in [9.17, 15) is 14.4 Å². The lowest BCUT2D eigenvalue weighted by atomic mass is 10.1. The normalized spacial score (nSPS) is 17.6. The van der Waals surface area contributed by atoms with Crippen LogP contribution in [0.4, 0.5) is 5.69 Å². The Morgan fingerprint density at radius 3 is 2.50 bits per heavy atom. The molecule has 180 valence electrons. The van der Waals surface area contributed by atoms with Gasteiger partial charge < -0.3 is 24.8 Å². The minimum Gasteiger partial charge on any atom is -0.382 e. The lowest BCUT2D eigenvalue weighted by Gasteiger charge is -2.34. The second-order valence-corrected chi connectivity index (χ2v) is 8.56. The maximum Gasteiger partial charge on any atom is 0.256 e. The van der Waals surface area contributed by atoms with E-state index in [-0.39, 0.29) is 23.9 Å². The first kappa shape index (κ1) is 23.8. The minimum atomic E-state index is -0.310. The van der Waals surface area contributed by atoms with Crippen molar-refractivity contribution in [2.45, 2.75) is 26.4 Å². The molecule has 1 N–H and O–H groups in total. The third-order valence-electron chi connectivity index (χ3n) is 6.38. The summed E-state index contributed by atoms with van der Waals surface area (Å²) in [6.45, 7) is 7.49. The highest BCUT2D eigenvalue weighted by Crippen LogP contribution is 2.34. The molecule has 2 aromatic rings. The summed E-state index contributed by atoms with van der Waals surface area (Å²) < 4.78 is 5.46. The molecule has 0 radical (unpaired) electrons. The zero-order chi connectivity index (χ0) is 24.1. The number of nitrogens with zero attached hydrogens (tertiary/aromatic N) is 3. The monoisotopic (exact) mass is 464 g/mol. The Labute approximate surface area is 200 Å². The van der Waals surface area contributed by atoms with Crippen molar-refractivity contribution in [3.05, 3.63) is 65.2 Å². The van der Waals surface area contributed by atoms with Crippen molar-refractivity contribution < 1.29 is 19.1 Å². The van der Waals surface area contributed by atoms with E-state index in [4.69, 9.17) is 4.74 Å². The van der Waals surface area contributed by atoms with E-state index in [0.29, 0.717) is 57.1 Å². The first-order chi connectivity index (χ1) is 16.5. The molecule has 1 unspecified atom stereocenters. The van der Waals surface area contributed by atoms with Crippen molar-refractivity contribution in [1.29, 1.82) is 0 Å². The number of amides is 3. The molecule has 0 aromatic heterocycles. The van der Waals surface area contributed by atoms with Crippen molar-refractivity contribution in [3.8, 4) is 0 Å². The molecule has 34 heavy (non-hydrogen) atoms. The largest absolute Gasteiger partial charge is 0.382 e. The van der Waals surface area contributed by atoms with Gasteiger partial charge in [0.25, 0.3) is 11.8 Å². The molecule has 0 bridgehead atoms. The van der Waals surface area contributed by atoms with Gasteiger partial charge in [-0.05, 0) is 37.6 Å². The molecule has 0 aliphatic carbocycles. The summed E-state index contributed by atoms with van der Waals surface area (Å²) in [6, 6.07) is 15.0. The van der Waals surface area contributed by atoms with Gasteiger partial charge in [0.05, 0.1) is 0 Å². The average Bonchev–Trinajstić information content (AvgIpc) is 3.12. The number of ether oxygens (including phenoxy) is 1. The second-order valence-electron chi connectivity index (χ2n) is 8.56. The van der Waals surface area contributed by atoms with E-state index >= 15 is 0 Å². The van der Waals surface area contributed by atoms with Gasteiger partial charge in [-0.15, -0.1) is 0 Å². The van der Waals surface area contributed by atoms with E-state index in [1.165, 1.54) is 0 Å². The number of anilines is 1. The number of nitrogens with one attached hydrogen (secondary N) is 1. The molecular formula is C26H32N4O4. The predicted octanol–water partition coefficient (Wildman–Crippen LogP) is 2.98. The van der Waals surface area contributed by atoms with E-state index in [1.54, 1.807) is 22.8 Å². The molecule has 3 amide bonds. The molecule has 8 nitrogen and oxygen atoms in total. The number of benzene rings is 2. The van der Waals surface area contributed by atoms with Crippen molar-refractivity contribution in [2.24, 2.45) is 0 Å². The van der Waals surface area contributed by atoms with Crippen LogP contribution in [0.15, 0.2) is 48.5 Å². The molecule has 1 saturated heterocycles. The second kappa shape index (κ2) is 10.7. The Balaban J connectivity index is 1.49. The number of carbonyl (C=O) groups excluding carboxylic acids is 3. The standard InChI is InChI=1S/C26H32N4O4/c1-3-34-17-7-12-30-24(22-10-4-5-11-23(22)26(30)33)27-21-9-6-8-20(18-21)25(32)29-15-13-28(14-16-29)19(2)31/h4-6,8-11,18,24,27H,3,7,12-17H2,1-2H3. The van der Waals surface area contributed by atoms with Crippen LogP contribution in [-0.4, -0.2) is 78.4 Å². The number of piperazine rings is 1. The molecule has 8 heteroatoms. The lowest BCUT2D eigenvalue weighted by Crippen LogP contribution is -2.50. The summed E-state index contributed by atoms with van der Waals surface area (Å²) in [7, 11) is 0. The van der Waals surface area contributed by atoms with Crippen molar-refractivity contribution in [1.82, 2.24) is 14.7 Å². The Morgan fingerprint density at radius 1 is 1.03 bits per heavy atom. The molecule has 2 aliphatic rings. The van der Waals surface area contributed by atoms with E-state index in [0.717, 1.165) is 17.7 Å². The number of fused-ring (bicyclic) bond motifs is 1. The lowest BCUT2D eigenvalue weighted by molar-refractivity contribution is -0.130. The summed E-state index contributed by atoms with van der Waals surface area (Å²) in [4.78, 5) is 43.1. The molecule has 0 spiro atoms. The van der Waals surface area contributed by atoms with Crippen molar-refractivity contribution in [2.75, 3.05) is 51.3 Å². The van der Waals surface area contributed by atoms with Crippen LogP contribution in [0.5, 0.6) is 0 Å². The van der Waals surface area contributed by atoms with Crippen LogP contribution in [0.3, 0.4) is 0 Å². The molecule has 2 heterocycles. The van der Waals surface area contributed by atoms with Crippen LogP contribution in [0.25, 0.3) is 0 Å².